The average Bonchev–Trinajstić information content (AvgIpc) is 3.07. The smallest absolute Gasteiger partial charge is 0.450 e. The van der Waals surface area contributed by atoms with Crippen molar-refractivity contribution in [1.29, 1.82) is 0 Å². The van der Waals surface area contributed by atoms with Crippen LogP contribution < -0.4 is 5.32 Å². The minimum atomic E-state index is -1.83. The van der Waals surface area contributed by atoms with E-state index in [0.29, 0.717) is 5.92 Å². The van der Waals surface area contributed by atoms with Crippen LogP contribution in [0.25, 0.3) is 10.2 Å². The van der Waals surface area contributed by atoms with E-state index < -0.39 is 6.16 Å². The fourth-order valence-corrected chi connectivity index (χ4v) is 4.40. The Bertz CT molecular complexity index is 917. The summed E-state index contributed by atoms with van der Waals surface area (Å²) < 4.78 is 0. The molecule has 28 heavy (non-hydrogen) atoms. The first-order valence-electron chi connectivity index (χ1n) is 9.50. The van der Waals surface area contributed by atoms with Crippen LogP contribution in [0.15, 0.2) is 36.4 Å². The molecule has 0 radical (unpaired) electrons. The highest BCUT2D eigenvalue weighted by Gasteiger charge is 2.20. The summed E-state index contributed by atoms with van der Waals surface area (Å²) in [7, 11) is 0. The van der Waals surface area contributed by atoms with Gasteiger partial charge in [-0.2, -0.15) is 0 Å². The van der Waals surface area contributed by atoms with Crippen LogP contribution in [0.2, 0.25) is 0 Å². The van der Waals surface area contributed by atoms with E-state index in [0.717, 1.165) is 28.4 Å². The Morgan fingerprint density at radius 3 is 2.50 bits per heavy atom. The van der Waals surface area contributed by atoms with Crippen molar-refractivity contribution in [2.45, 2.75) is 51.5 Å². The Kier molecular flexibility index (Phi) is 6.81. The molecule has 2 heterocycles. The number of carbonyl (C=O) groups is 1. The monoisotopic (exact) mass is 399 g/mol. The van der Waals surface area contributed by atoms with Crippen LogP contribution in [0.1, 0.15) is 54.3 Å². The molecule has 148 valence electrons. The minimum absolute atomic E-state index is 0.530. The summed E-state index contributed by atoms with van der Waals surface area (Å²) in [6.07, 6.45) is 4.60. The maximum absolute atomic E-state index is 8.56. The minimum Gasteiger partial charge on any atom is -0.450 e. The van der Waals surface area contributed by atoms with Crippen LogP contribution in [0, 0.1) is 6.92 Å². The number of aromatic nitrogens is 2. The molecule has 1 aliphatic carbocycles. The van der Waals surface area contributed by atoms with Crippen molar-refractivity contribution in [3.05, 3.63) is 52.7 Å². The van der Waals surface area contributed by atoms with Gasteiger partial charge in [-0.05, 0) is 31.4 Å². The van der Waals surface area contributed by atoms with Gasteiger partial charge in [0.15, 0.2) is 0 Å². The van der Waals surface area contributed by atoms with Crippen LogP contribution in [0.5, 0.6) is 0 Å². The lowest BCUT2D eigenvalue weighted by molar-refractivity contribution is 0.137. The van der Waals surface area contributed by atoms with Gasteiger partial charge < -0.3 is 15.5 Å². The number of carboxylic acid groups (broad SMARTS) is 2. The molecular formula is C21H25N3O3S. The lowest BCUT2D eigenvalue weighted by Gasteiger charge is -2.21. The molecule has 2 aromatic heterocycles. The zero-order chi connectivity index (χ0) is 19.9. The number of anilines is 1. The largest absolute Gasteiger partial charge is 0.503 e. The van der Waals surface area contributed by atoms with Gasteiger partial charge in [0, 0.05) is 17.3 Å². The summed E-state index contributed by atoms with van der Waals surface area (Å²) in [5.41, 5.74) is 1.27. The van der Waals surface area contributed by atoms with E-state index in [4.69, 9.17) is 25.0 Å². The molecule has 0 saturated heterocycles. The summed E-state index contributed by atoms with van der Waals surface area (Å²) in [6, 6.07) is 12.7. The van der Waals surface area contributed by atoms with Gasteiger partial charge in [-0.25, -0.2) is 14.8 Å². The Hall–Kier alpha value is -2.67. The highest BCUT2D eigenvalue weighted by molar-refractivity contribution is 7.18. The van der Waals surface area contributed by atoms with Gasteiger partial charge in [0.25, 0.3) is 0 Å². The summed E-state index contributed by atoms with van der Waals surface area (Å²) >= 11 is 1.78. The molecule has 6 nitrogen and oxygen atoms in total. The SMILES string of the molecule is Cc1cc2c(NCc3ccccc3)nc(C3CCCCC3)nc2s1.O=C(O)O. The van der Waals surface area contributed by atoms with Gasteiger partial charge in [-0.1, -0.05) is 49.6 Å². The zero-order valence-electron chi connectivity index (χ0n) is 15.9. The van der Waals surface area contributed by atoms with Gasteiger partial charge in [-0.15, -0.1) is 11.3 Å². The number of nitrogens with one attached hydrogen (secondary N) is 1. The fraction of sp³-hybridized carbons (Fsp3) is 0.381. The number of nitrogens with zero attached hydrogens (tertiary/aromatic N) is 2. The first-order chi connectivity index (χ1) is 13.5. The van der Waals surface area contributed by atoms with Gasteiger partial charge in [-0.3, -0.25) is 0 Å². The Labute approximate surface area is 168 Å². The standard InChI is InChI=1S/C20H23N3S.CH2O3/c1-14-12-17-19(21-13-15-8-4-2-5-9-15)22-18(23-20(17)24-14)16-10-6-3-7-11-16;2-1(3)4/h2,4-5,8-9,12,16H,3,6-7,10-11,13H2,1H3,(H,21,22,23);(H2,2,3,4). The first-order valence-corrected chi connectivity index (χ1v) is 10.3. The number of benzene rings is 1. The number of aryl methyl sites for hydroxylation is 1. The highest BCUT2D eigenvalue weighted by Crippen LogP contribution is 2.35. The van der Waals surface area contributed by atoms with Crippen LogP contribution in [-0.2, 0) is 6.54 Å². The molecule has 0 atom stereocenters. The van der Waals surface area contributed by atoms with Crippen molar-refractivity contribution in [1.82, 2.24) is 9.97 Å². The molecule has 1 aromatic carbocycles. The average molecular weight is 400 g/mol. The number of hydrogen-bond acceptors (Lipinski definition) is 5. The van der Waals surface area contributed by atoms with Crippen LogP contribution in [-0.4, -0.2) is 26.3 Å². The van der Waals surface area contributed by atoms with Crippen molar-refractivity contribution in [3.63, 3.8) is 0 Å². The number of fused-ring (bicyclic) bond motifs is 1. The van der Waals surface area contributed by atoms with E-state index in [-0.39, 0.29) is 0 Å². The van der Waals surface area contributed by atoms with Crippen molar-refractivity contribution >= 4 is 33.5 Å². The molecule has 4 rings (SSSR count). The summed E-state index contributed by atoms with van der Waals surface area (Å²) in [6.45, 7) is 2.94. The molecule has 7 heteroatoms. The van der Waals surface area contributed by atoms with Crippen LogP contribution in [0.3, 0.4) is 0 Å². The molecule has 0 aliphatic heterocycles. The molecule has 0 spiro atoms. The number of rotatable bonds is 4. The quantitative estimate of drug-likeness (QED) is 0.507. The van der Waals surface area contributed by atoms with Gasteiger partial charge in [0.2, 0.25) is 0 Å². The Morgan fingerprint density at radius 1 is 1.14 bits per heavy atom. The maximum Gasteiger partial charge on any atom is 0.503 e. The van der Waals surface area contributed by atoms with E-state index in [1.165, 1.54) is 42.5 Å². The third kappa shape index (κ3) is 5.42. The lowest BCUT2D eigenvalue weighted by atomic mass is 9.89. The molecule has 0 amide bonds. The molecule has 1 fully saturated rings. The van der Waals surface area contributed by atoms with Gasteiger partial charge in [0.05, 0.1) is 5.39 Å². The summed E-state index contributed by atoms with van der Waals surface area (Å²) in [5, 5.41) is 18.7. The van der Waals surface area contributed by atoms with E-state index in [1.807, 2.05) is 0 Å². The van der Waals surface area contributed by atoms with E-state index in [1.54, 1.807) is 11.3 Å². The molecule has 1 aliphatic rings. The second-order valence-corrected chi connectivity index (χ2v) is 8.20. The third-order valence-electron chi connectivity index (χ3n) is 4.81. The van der Waals surface area contributed by atoms with Gasteiger partial charge >= 0.3 is 6.16 Å². The first kappa shape index (κ1) is 20.1. The summed E-state index contributed by atoms with van der Waals surface area (Å²) in [5.74, 6) is 2.57. The number of hydrogen-bond donors (Lipinski definition) is 3. The second-order valence-electron chi connectivity index (χ2n) is 6.96. The predicted molar refractivity (Wildman–Crippen MR) is 112 cm³/mol. The van der Waals surface area contributed by atoms with Crippen molar-refractivity contribution in [2.75, 3.05) is 5.32 Å². The molecule has 0 bridgehead atoms. The van der Waals surface area contributed by atoms with Crippen LogP contribution >= 0.6 is 11.3 Å². The highest BCUT2D eigenvalue weighted by atomic mass is 32.1. The van der Waals surface area contributed by atoms with Crippen molar-refractivity contribution in [2.24, 2.45) is 0 Å². The molecule has 1 saturated carbocycles. The molecule has 3 aromatic rings. The molecular weight excluding hydrogens is 374 g/mol. The van der Waals surface area contributed by atoms with Crippen LogP contribution in [0.4, 0.5) is 10.6 Å². The summed E-state index contributed by atoms with van der Waals surface area (Å²) in [4.78, 5) is 20.8. The maximum atomic E-state index is 8.56. The Balaban J connectivity index is 0.000000516. The van der Waals surface area contributed by atoms with Gasteiger partial charge in [0.1, 0.15) is 16.5 Å². The topological polar surface area (TPSA) is 95.3 Å². The third-order valence-corrected chi connectivity index (χ3v) is 5.75. The fourth-order valence-electron chi connectivity index (χ4n) is 3.52. The van der Waals surface area contributed by atoms with E-state index in [9.17, 15) is 0 Å². The normalized spacial score (nSPS) is 14.3. The Morgan fingerprint density at radius 2 is 1.82 bits per heavy atom. The van der Waals surface area contributed by atoms with Crippen molar-refractivity contribution in [3.8, 4) is 0 Å². The van der Waals surface area contributed by atoms with E-state index >= 15 is 0 Å². The predicted octanol–water partition coefficient (Wildman–Crippen LogP) is 5.88. The van der Waals surface area contributed by atoms with E-state index in [2.05, 4.69) is 48.6 Å². The molecule has 0 unspecified atom stereocenters. The second kappa shape index (κ2) is 9.50. The zero-order valence-corrected chi connectivity index (χ0v) is 16.7. The lowest BCUT2D eigenvalue weighted by Crippen LogP contribution is -2.11. The van der Waals surface area contributed by atoms with Crippen molar-refractivity contribution < 1.29 is 15.0 Å². The molecule has 3 N–H and O–H groups in total. The number of thiophene rings is 1.